The summed E-state index contributed by atoms with van der Waals surface area (Å²) in [6.45, 7) is 3.90. The number of hydrogen-bond donors (Lipinski definition) is 1. The van der Waals surface area contributed by atoms with E-state index in [1.807, 2.05) is 0 Å². The fourth-order valence-electron chi connectivity index (χ4n) is 8.95. The molecule has 0 amide bonds. The number of aliphatic hydroxyl groups excluding tert-OH is 1. The molecule has 0 aromatic heterocycles. The first-order valence-electron chi connectivity index (χ1n) is 33.0. The first kappa shape index (κ1) is 75.5. The van der Waals surface area contributed by atoms with E-state index in [0.29, 0.717) is 12.8 Å². The molecular formula is C75H122O5. The van der Waals surface area contributed by atoms with Crippen LogP contribution in [0.3, 0.4) is 0 Å². The van der Waals surface area contributed by atoms with Gasteiger partial charge in [0.2, 0.25) is 0 Å². The van der Waals surface area contributed by atoms with E-state index < -0.39 is 6.10 Å². The number of carbonyl (C=O) groups excluding carboxylic acids is 2. The molecule has 0 aliphatic rings. The molecule has 452 valence electrons. The van der Waals surface area contributed by atoms with Crippen molar-refractivity contribution in [3.05, 3.63) is 158 Å². The minimum atomic E-state index is -0.797. The molecule has 5 heteroatoms. The standard InChI is InChI=1S/C75H122O5/c1-3-5-7-9-11-13-15-17-19-21-23-25-27-29-31-33-34-35-36-37-38-39-40-42-43-45-47-49-51-53-55-57-59-61-63-65-67-69-74(77)79-72-73(71-76)80-75(78)70-68-66-64-62-60-58-56-54-52-50-48-46-44-41-32-30-28-26-24-22-20-18-16-14-12-10-8-6-4-2/h5-8,11-14,17-20,23-26,29-32,44,46,50,52,56,58,73,76H,3-4,9-10,15-16,21-22,27-28,33-43,45,47-49,51,53-55,57,59-72H2,1-2H3/b7-5-,8-6-,13-11-,14-12-,19-17-,20-18-,25-23-,26-24-,31-29-,32-30-,46-44-,52-50-,58-56-. The Morgan fingerprint density at radius 3 is 0.750 bits per heavy atom. The van der Waals surface area contributed by atoms with Crippen molar-refractivity contribution in [1.82, 2.24) is 0 Å². The Bertz CT molecular complexity index is 1730. The number of rotatable bonds is 59. The summed E-state index contributed by atoms with van der Waals surface area (Å²) in [4.78, 5) is 24.6. The fraction of sp³-hybridized carbons (Fsp3) is 0.627. The van der Waals surface area contributed by atoms with Crippen molar-refractivity contribution in [3.8, 4) is 0 Å². The normalized spacial score (nSPS) is 13.3. The molecule has 0 saturated carbocycles. The lowest BCUT2D eigenvalue weighted by atomic mass is 10.0. The first-order chi connectivity index (χ1) is 39.6. The highest BCUT2D eigenvalue weighted by Gasteiger charge is 2.16. The summed E-state index contributed by atoms with van der Waals surface area (Å²) in [5, 5.41) is 9.69. The van der Waals surface area contributed by atoms with Crippen LogP contribution in [-0.4, -0.2) is 36.4 Å². The van der Waals surface area contributed by atoms with Crippen LogP contribution in [-0.2, 0) is 19.1 Å². The maximum absolute atomic E-state index is 12.3. The van der Waals surface area contributed by atoms with Gasteiger partial charge >= 0.3 is 11.9 Å². The van der Waals surface area contributed by atoms with Gasteiger partial charge in [-0.1, -0.05) is 307 Å². The number of carbonyl (C=O) groups is 2. The SMILES string of the molecule is CC/C=C\C/C=C\C/C=C\C/C=C\C/C=C\C/C=C\C/C=C\C/C=C\CCCCCCC(=O)OC(CO)COC(=O)CCCCCCCCCCCCCCCCCCCCCCC/C=C\C/C=C\C/C=C\C/C=C\C/C=C\CC. The lowest BCUT2D eigenvalue weighted by Crippen LogP contribution is -2.28. The molecule has 5 nitrogen and oxygen atoms in total. The highest BCUT2D eigenvalue weighted by atomic mass is 16.6. The van der Waals surface area contributed by atoms with Crippen LogP contribution >= 0.6 is 0 Å². The molecule has 0 aliphatic carbocycles. The maximum atomic E-state index is 12.3. The molecule has 0 rings (SSSR count). The van der Waals surface area contributed by atoms with Crippen LogP contribution in [0.1, 0.15) is 284 Å². The van der Waals surface area contributed by atoms with E-state index in [9.17, 15) is 14.7 Å². The molecule has 80 heavy (non-hydrogen) atoms. The van der Waals surface area contributed by atoms with Gasteiger partial charge in [-0.2, -0.15) is 0 Å². The third kappa shape index (κ3) is 66.0. The highest BCUT2D eigenvalue weighted by Crippen LogP contribution is 2.16. The van der Waals surface area contributed by atoms with Crippen LogP contribution < -0.4 is 0 Å². The van der Waals surface area contributed by atoms with Gasteiger partial charge in [0, 0.05) is 12.8 Å². The Kier molecular flexibility index (Phi) is 64.9. The second-order valence-corrected chi connectivity index (χ2v) is 21.4. The Hall–Kier alpha value is -4.48. The van der Waals surface area contributed by atoms with Gasteiger partial charge < -0.3 is 14.6 Å². The van der Waals surface area contributed by atoms with Crippen LogP contribution in [0.4, 0.5) is 0 Å². The Balaban J connectivity index is 3.53. The van der Waals surface area contributed by atoms with E-state index in [4.69, 9.17) is 9.47 Å². The van der Waals surface area contributed by atoms with Crippen molar-refractivity contribution in [1.29, 1.82) is 0 Å². The number of aliphatic hydroxyl groups is 1. The lowest BCUT2D eigenvalue weighted by Gasteiger charge is -2.15. The summed E-state index contributed by atoms with van der Waals surface area (Å²) in [7, 11) is 0. The molecule has 0 aromatic rings. The summed E-state index contributed by atoms with van der Waals surface area (Å²) >= 11 is 0. The quantitative estimate of drug-likeness (QED) is 0.0373. The molecule has 1 unspecified atom stereocenters. The Morgan fingerprint density at radius 1 is 0.287 bits per heavy atom. The van der Waals surface area contributed by atoms with E-state index in [2.05, 4.69) is 172 Å². The van der Waals surface area contributed by atoms with Gasteiger partial charge in [0.15, 0.2) is 6.10 Å². The second kappa shape index (κ2) is 68.8. The van der Waals surface area contributed by atoms with Crippen LogP contribution in [0, 0.1) is 0 Å². The molecule has 1 atom stereocenters. The van der Waals surface area contributed by atoms with Crippen molar-refractivity contribution >= 4 is 11.9 Å². The van der Waals surface area contributed by atoms with Gasteiger partial charge in [0.1, 0.15) is 6.61 Å². The number of ether oxygens (including phenoxy) is 2. The summed E-state index contributed by atoms with van der Waals surface area (Å²) in [5.74, 6) is -0.621. The average Bonchev–Trinajstić information content (AvgIpc) is 3.46. The second-order valence-electron chi connectivity index (χ2n) is 21.4. The predicted molar refractivity (Wildman–Crippen MR) is 352 cm³/mol. The predicted octanol–water partition coefficient (Wildman–Crippen LogP) is 23.1. The lowest BCUT2D eigenvalue weighted by molar-refractivity contribution is -0.161. The smallest absolute Gasteiger partial charge is 0.306 e. The van der Waals surface area contributed by atoms with Crippen molar-refractivity contribution in [3.63, 3.8) is 0 Å². The topological polar surface area (TPSA) is 72.8 Å². The van der Waals surface area contributed by atoms with Gasteiger partial charge in [0.05, 0.1) is 6.61 Å². The molecule has 0 aliphatic heterocycles. The van der Waals surface area contributed by atoms with E-state index >= 15 is 0 Å². The molecule has 0 aromatic carbocycles. The summed E-state index contributed by atoms with van der Waals surface area (Å²) < 4.78 is 10.7. The minimum Gasteiger partial charge on any atom is -0.462 e. The van der Waals surface area contributed by atoms with E-state index in [1.54, 1.807) is 0 Å². The maximum Gasteiger partial charge on any atom is 0.306 e. The summed E-state index contributed by atoms with van der Waals surface area (Å²) in [5.41, 5.74) is 0. The monoisotopic (exact) mass is 1100 g/mol. The molecule has 0 radical (unpaired) electrons. The average molecular weight is 1100 g/mol. The number of esters is 2. The highest BCUT2D eigenvalue weighted by molar-refractivity contribution is 5.70. The molecule has 0 spiro atoms. The number of hydrogen-bond acceptors (Lipinski definition) is 5. The molecule has 0 bridgehead atoms. The van der Waals surface area contributed by atoms with Crippen molar-refractivity contribution in [2.75, 3.05) is 13.2 Å². The van der Waals surface area contributed by atoms with Crippen LogP contribution in [0.2, 0.25) is 0 Å². The van der Waals surface area contributed by atoms with E-state index in [1.165, 1.54) is 122 Å². The van der Waals surface area contributed by atoms with Gasteiger partial charge in [0.25, 0.3) is 0 Å². The Labute approximate surface area is 494 Å². The zero-order valence-electron chi connectivity index (χ0n) is 51.8. The van der Waals surface area contributed by atoms with Crippen molar-refractivity contribution < 1.29 is 24.2 Å². The van der Waals surface area contributed by atoms with E-state index in [-0.39, 0.29) is 25.2 Å². The van der Waals surface area contributed by atoms with Crippen LogP contribution in [0.15, 0.2) is 158 Å². The van der Waals surface area contributed by atoms with Gasteiger partial charge in [-0.15, -0.1) is 0 Å². The number of unbranched alkanes of at least 4 members (excludes halogenated alkanes) is 25. The van der Waals surface area contributed by atoms with Gasteiger partial charge in [-0.25, -0.2) is 0 Å². The Morgan fingerprint density at radius 2 is 0.500 bits per heavy atom. The van der Waals surface area contributed by atoms with Gasteiger partial charge in [-0.05, 0) is 122 Å². The van der Waals surface area contributed by atoms with Crippen LogP contribution in [0.5, 0.6) is 0 Å². The van der Waals surface area contributed by atoms with Crippen molar-refractivity contribution in [2.24, 2.45) is 0 Å². The van der Waals surface area contributed by atoms with Crippen LogP contribution in [0.25, 0.3) is 0 Å². The third-order valence-electron chi connectivity index (χ3n) is 13.8. The third-order valence-corrected chi connectivity index (χ3v) is 13.8. The summed E-state index contributed by atoms with van der Waals surface area (Å²) in [6.07, 6.45) is 105. The first-order valence-corrected chi connectivity index (χ1v) is 33.0. The number of allylic oxidation sites excluding steroid dienone is 26. The van der Waals surface area contributed by atoms with Gasteiger partial charge in [-0.3, -0.25) is 9.59 Å². The summed E-state index contributed by atoms with van der Waals surface area (Å²) in [6, 6.07) is 0. The minimum absolute atomic E-state index is 0.0832. The van der Waals surface area contributed by atoms with Crippen molar-refractivity contribution in [2.45, 2.75) is 290 Å². The zero-order chi connectivity index (χ0) is 57.6. The fourth-order valence-corrected chi connectivity index (χ4v) is 8.95. The molecular weight excluding hydrogens is 981 g/mol. The van der Waals surface area contributed by atoms with E-state index in [0.717, 1.165) is 135 Å². The molecule has 1 N–H and O–H groups in total. The largest absolute Gasteiger partial charge is 0.462 e. The molecule has 0 saturated heterocycles. The zero-order valence-corrected chi connectivity index (χ0v) is 51.8. The molecule has 0 fully saturated rings. The molecule has 0 heterocycles.